The van der Waals surface area contributed by atoms with E-state index in [1.807, 2.05) is 39.8 Å². The van der Waals surface area contributed by atoms with Gasteiger partial charge in [0.2, 0.25) is 0 Å². The highest BCUT2D eigenvalue weighted by Gasteiger charge is 2.47. The molecular formula is C19H18N2O3S2. The van der Waals surface area contributed by atoms with Crippen molar-refractivity contribution in [3.05, 3.63) is 34.2 Å². The SMILES string of the molecule is CCOc1cc2c3c(c1)/C(=C1\SC(=S)NC1=O)C(=O)N3C(C)(C)C=C2C. The largest absolute Gasteiger partial charge is 0.494 e. The number of amides is 2. The monoisotopic (exact) mass is 386 g/mol. The number of nitrogens with zero attached hydrogens (tertiary/aromatic N) is 1. The van der Waals surface area contributed by atoms with Gasteiger partial charge in [-0.05, 0) is 45.4 Å². The zero-order valence-electron chi connectivity index (χ0n) is 14.9. The van der Waals surface area contributed by atoms with E-state index >= 15 is 0 Å². The molecule has 0 aliphatic carbocycles. The number of hydrogen-bond donors (Lipinski definition) is 1. The maximum Gasteiger partial charge on any atom is 0.264 e. The van der Waals surface area contributed by atoms with Crippen LogP contribution in [0.25, 0.3) is 11.1 Å². The van der Waals surface area contributed by atoms with Crippen molar-refractivity contribution in [1.82, 2.24) is 5.32 Å². The van der Waals surface area contributed by atoms with Crippen molar-refractivity contribution in [2.45, 2.75) is 33.2 Å². The van der Waals surface area contributed by atoms with Crippen LogP contribution in [-0.4, -0.2) is 28.3 Å². The number of carbonyl (C=O) groups is 2. The Kier molecular flexibility index (Phi) is 3.79. The molecule has 2 amide bonds. The van der Waals surface area contributed by atoms with Gasteiger partial charge < -0.3 is 10.1 Å². The number of anilines is 1. The molecule has 4 rings (SSSR count). The van der Waals surface area contributed by atoms with Crippen molar-refractivity contribution in [3.63, 3.8) is 0 Å². The number of thioether (sulfide) groups is 1. The molecule has 1 aromatic carbocycles. The number of hydrogen-bond acceptors (Lipinski definition) is 5. The van der Waals surface area contributed by atoms with E-state index < -0.39 is 5.54 Å². The summed E-state index contributed by atoms with van der Waals surface area (Å²) in [7, 11) is 0. The standard InChI is InChI=1S/C19H18N2O3S2/c1-5-24-10-6-11-9(2)8-19(3,4)21-14(11)12(7-10)13(17(21)23)15-16(22)20-18(25)26-15/h6-8H,5H2,1-4H3,(H,20,22,25)/b15-13+. The molecule has 5 nitrogen and oxygen atoms in total. The summed E-state index contributed by atoms with van der Waals surface area (Å²) in [5.74, 6) is 0.194. The maximum atomic E-state index is 13.4. The van der Waals surface area contributed by atoms with E-state index in [2.05, 4.69) is 11.4 Å². The van der Waals surface area contributed by atoms with Gasteiger partial charge in [0.1, 0.15) is 10.1 Å². The van der Waals surface area contributed by atoms with E-state index in [1.165, 1.54) is 0 Å². The van der Waals surface area contributed by atoms with Crippen LogP contribution in [0, 0.1) is 0 Å². The van der Waals surface area contributed by atoms with E-state index in [4.69, 9.17) is 17.0 Å². The van der Waals surface area contributed by atoms with Crippen LogP contribution in [0.4, 0.5) is 5.69 Å². The summed E-state index contributed by atoms with van der Waals surface area (Å²) in [6.45, 7) is 8.47. The number of thiocarbonyl (C=S) groups is 1. The molecule has 1 saturated heterocycles. The van der Waals surface area contributed by atoms with Crippen LogP contribution in [0.2, 0.25) is 0 Å². The second kappa shape index (κ2) is 5.69. The predicted molar refractivity (Wildman–Crippen MR) is 108 cm³/mol. The molecule has 1 aromatic rings. The number of allylic oxidation sites excluding steroid dienone is 1. The highest BCUT2D eigenvalue weighted by molar-refractivity contribution is 8.27. The molecule has 0 atom stereocenters. The van der Waals surface area contributed by atoms with Gasteiger partial charge in [0, 0.05) is 11.1 Å². The second-order valence-electron chi connectivity index (χ2n) is 6.97. The maximum absolute atomic E-state index is 13.4. The van der Waals surface area contributed by atoms with Crippen LogP contribution in [0.5, 0.6) is 5.75 Å². The number of ether oxygens (including phenoxy) is 1. The normalized spacial score (nSPS) is 23.2. The lowest BCUT2D eigenvalue weighted by Gasteiger charge is -2.38. The third kappa shape index (κ3) is 2.34. The van der Waals surface area contributed by atoms with Crippen molar-refractivity contribution in [2.24, 2.45) is 0 Å². The zero-order valence-corrected chi connectivity index (χ0v) is 16.6. The lowest BCUT2D eigenvalue weighted by molar-refractivity contribution is -0.116. The van der Waals surface area contributed by atoms with Gasteiger partial charge in [-0.1, -0.05) is 30.1 Å². The Labute approximate surface area is 161 Å². The lowest BCUT2D eigenvalue weighted by atomic mass is 9.89. The van der Waals surface area contributed by atoms with Crippen LogP contribution in [-0.2, 0) is 9.59 Å². The summed E-state index contributed by atoms with van der Waals surface area (Å²) in [5, 5.41) is 2.61. The Bertz CT molecular complexity index is 960. The Morgan fingerprint density at radius 1 is 1.27 bits per heavy atom. The fraction of sp³-hybridized carbons (Fsp3) is 0.316. The predicted octanol–water partition coefficient (Wildman–Crippen LogP) is 3.49. The van der Waals surface area contributed by atoms with Gasteiger partial charge in [-0.2, -0.15) is 0 Å². The summed E-state index contributed by atoms with van der Waals surface area (Å²) >= 11 is 6.25. The molecule has 3 aliphatic heterocycles. The summed E-state index contributed by atoms with van der Waals surface area (Å²) in [6, 6.07) is 3.82. The molecular weight excluding hydrogens is 368 g/mol. The third-order valence-corrected chi connectivity index (χ3v) is 5.95. The molecule has 134 valence electrons. The minimum absolute atomic E-state index is 0.175. The fourth-order valence-electron chi connectivity index (χ4n) is 3.84. The van der Waals surface area contributed by atoms with Gasteiger partial charge in [-0.25, -0.2) is 0 Å². The molecule has 0 spiro atoms. The van der Waals surface area contributed by atoms with E-state index in [1.54, 1.807) is 4.90 Å². The first-order valence-corrected chi connectivity index (χ1v) is 9.60. The quantitative estimate of drug-likeness (QED) is 0.623. The first-order chi connectivity index (χ1) is 12.2. The van der Waals surface area contributed by atoms with Gasteiger partial charge in [-0.3, -0.25) is 14.5 Å². The molecule has 1 N–H and O–H groups in total. The zero-order chi connectivity index (χ0) is 18.8. The molecule has 1 fully saturated rings. The number of carbonyl (C=O) groups excluding carboxylic acids is 2. The average molecular weight is 386 g/mol. The highest BCUT2D eigenvalue weighted by atomic mass is 32.2. The Morgan fingerprint density at radius 3 is 2.58 bits per heavy atom. The first-order valence-electron chi connectivity index (χ1n) is 8.37. The van der Waals surface area contributed by atoms with Crippen molar-refractivity contribution >= 4 is 56.9 Å². The summed E-state index contributed by atoms with van der Waals surface area (Å²) in [4.78, 5) is 27.9. The molecule has 0 radical (unpaired) electrons. The number of benzene rings is 1. The first kappa shape index (κ1) is 17.3. The van der Waals surface area contributed by atoms with Crippen LogP contribution in [0.15, 0.2) is 23.1 Å². The van der Waals surface area contributed by atoms with E-state index in [0.717, 1.165) is 34.1 Å². The van der Waals surface area contributed by atoms with Crippen LogP contribution in [0.3, 0.4) is 0 Å². The molecule has 3 heterocycles. The van der Waals surface area contributed by atoms with Crippen molar-refractivity contribution in [1.29, 1.82) is 0 Å². The Hall–Kier alpha value is -2.12. The van der Waals surface area contributed by atoms with Crippen molar-refractivity contribution < 1.29 is 14.3 Å². The van der Waals surface area contributed by atoms with Gasteiger partial charge in [0.15, 0.2) is 0 Å². The third-order valence-electron chi connectivity index (χ3n) is 4.72. The number of nitrogens with one attached hydrogen (secondary N) is 1. The second-order valence-corrected chi connectivity index (χ2v) is 8.66. The summed E-state index contributed by atoms with van der Waals surface area (Å²) < 4.78 is 6.08. The van der Waals surface area contributed by atoms with Gasteiger partial charge in [-0.15, -0.1) is 0 Å². The fourth-order valence-corrected chi connectivity index (χ4v) is 4.95. The molecule has 0 saturated carbocycles. The molecule has 7 heteroatoms. The minimum Gasteiger partial charge on any atom is -0.494 e. The van der Waals surface area contributed by atoms with Crippen molar-refractivity contribution in [2.75, 3.05) is 11.5 Å². The summed E-state index contributed by atoms with van der Waals surface area (Å²) in [5.41, 5.74) is 3.54. The van der Waals surface area contributed by atoms with Gasteiger partial charge in [0.05, 0.1) is 28.3 Å². The van der Waals surface area contributed by atoms with Crippen LogP contribution in [0.1, 0.15) is 38.8 Å². The summed E-state index contributed by atoms with van der Waals surface area (Å²) in [6.07, 6.45) is 2.08. The Morgan fingerprint density at radius 2 is 1.96 bits per heavy atom. The smallest absolute Gasteiger partial charge is 0.264 e. The minimum atomic E-state index is -0.487. The van der Waals surface area contributed by atoms with Crippen molar-refractivity contribution in [3.8, 4) is 5.75 Å². The van der Waals surface area contributed by atoms with E-state index in [9.17, 15) is 9.59 Å². The average Bonchev–Trinajstić information content (AvgIpc) is 3.01. The highest BCUT2D eigenvalue weighted by Crippen LogP contribution is 2.52. The van der Waals surface area contributed by atoms with E-state index in [0.29, 0.717) is 27.2 Å². The topological polar surface area (TPSA) is 58.6 Å². The molecule has 0 unspecified atom stereocenters. The van der Waals surface area contributed by atoms with E-state index in [-0.39, 0.29) is 11.8 Å². The molecule has 3 aliphatic rings. The lowest BCUT2D eigenvalue weighted by Crippen LogP contribution is -2.46. The van der Waals surface area contributed by atoms with Gasteiger partial charge in [0.25, 0.3) is 11.8 Å². The molecule has 0 bridgehead atoms. The Balaban J connectivity index is 2.05. The molecule has 26 heavy (non-hydrogen) atoms. The number of rotatable bonds is 2. The van der Waals surface area contributed by atoms with Crippen LogP contribution >= 0.6 is 24.0 Å². The molecule has 0 aromatic heterocycles. The van der Waals surface area contributed by atoms with Gasteiger partial charge >= 0.3 is 0 Å². The van der Waals surface area contributed by atoms with Crippen LogP contribution < -0.4 is 15.0 Å².